The first-order valence-electron chi connectivity index (χ1n) is 5.04. The molecule has 1 aromatic heterocycles. The summed E-state index contributed by atoms with van der Waals surface area (Å²) in [6, 6.07) is 10.6. The quantitative estimate of drug-likeness (QED) is 0.502. The van der Waals surface area contributed by atoms with Crippen molar-refractivity contribution in [2.45, 2.75) is 19.2 Å². The molecule has 1 heterocycles. The van der Waals surface area contributed by atoms with Gasteiger partial charge in [0.15, 0.2) is 0 Å². The first-order chi connectivity index (χ1) is 7.58. The first kappa shape index (κ1) is 12.4. The van der Waals surface area contributed by atoms with Crippen molar-refractivity contribution in [3.8, 4) is 0 Å². The van der Waals surface area contributed by atoms with Crippen molar-refractivity contribution in [1.29, 1.82) is 0 Å². The number of benzene rings is 1. The van der Waals surface area contributed by atoms with E-state index < -0.39 is 0 Å². The summed E-state index contributed by atoms with van der Waals surface area (Å²) < 4.78 is 1.23. The number of hydrogen-bond donors (Lipinski definition) is 0. The van der Waals surface area contributed by atoms with Gasteiger partial charge in [-0.05, 0) is 65.8 Å². The predicted octanol–water partition coefficient (Wildman–Crippen LogP) is 5.30. The highest BCUT2D eigenvalue weighted by atomic mass is 127. The molecule has 3 heteroatoms. The van der Waals surface area contributed by atoms with Crippen molar-refractivity contribution in [2.75, 3.05) is 0 Å². The van der Waals surface area contributed by atoms with E-state index in [1.54, 1.807) is 11.3 Å². The Morgan fingerprint density at radius 2 is 2.00 bits per heavy atom. The van der Waals surface area contributed by atoms with Crippen molar-refractivity contribution in [3.63, 3.8) is 0 Å². The molecule has 0 saturated heterocycles. The van der Waals surface area contributed by atoms with E-state index in [4.69, 9.17) is 11.6 Å². The minimum atomic E-state index is -0.0200. The van der Waals surface area contributed by atoms with Gasteiger partial charge < -0.3 is 0 Å². The number of thiophene rings is 1. The third-order valence-electron chi connectivity index (χ3n) is 2.45. The zero-order valence-electron chi connectivity index (χ0n) is 9.13. The molecule has 0 aliphatic rings. The monoisotopic (exact) mass is 362 g/mol. The minimum Gasteiger partial charge on any atom is -0.143 e. The summed E-state index contributed by atoms with van der Waals surface area (Å²) in [7, 11) is 0. The maximum Gasteiger partial charge on any atom is 0.0930 e. The van der Waals surface area contributed by atoms with Gasteiger partial charge in [-0.25, -0.2) is 0 Å². The Morgan fingerprint density at radius 1 is 1.25 bits per heavy atom. The van der Waals surface area contributed by atoms with Crippen LogP contribution in [0.2, 0.25) is 0 Å². The number of aryl methyl sites for hydroxylation is 2. The smallest absolute Gasteiger partial charge is 0.0930 e. The minimum absolute atomic E-state index is 0.0200. The lowest BCUT2D eigenvalue weighted by molar-refractivity contribution is 1.15. The topological polar surface area (TPSA) is 0 Å². The molecule has 0 amide bonds. The average Bonchev–Trinajstić information content (AvgIpc) is 2.57. The maximum absolute atomic E-state index is 6.53. The molecule has 1 aromatic carbocycles. The Balaban J connectivity index is 2.38. The van der Waals surface area contributed by atoms with Crippen molar-refractivity contribution in [1.82, 2.24) is 0 Å². The summed E-state index contributed by atoms with van der Waals surface area (Å²) in [4.78, 5) is 2.59. The molecule has 2 rings (SSSR count). The summed E-state index contributed by atoms with van der Waals surface area (Å²) in [6.45, 7) is 4.25. The summed E-state index contributed by atoms with van der Waals surface area (Å²) in [5.41, 5.74) is 2.47. The molecule has 0 spiro atoms. The molecule has 2 aromatic rings. The summed E-state index contributed by atoms with van der Waals surface area (Å²) >= 11 is 10.6. The SMILES string of the molecule is Cc1cc(C)c(C(Cl)c2cccc(I)c2)s1. The maximum atomic E-state index is 6.53. The van der Waals surface area contributed by atoms with Gasteiger partial charge in [-0.15, -0.1) is 22.9 Å². The lowest BCUT2D eigenvalue weighted by Gasteiger charge is -2.09. The van der Waals surface area contributed by atoms with Crippen LogP contribution in [0.5, 0.6) is 0 Å². The number of alkyl halides is 1. The Bertz CT molecular complexity index is 504. The highest BCUT2D eigenvalue weighted by molar-refractivity contribution is 14.1. The van der Waals surface area contributed by atoms with Crippen molar-refractivity contribution >= 4 is 45.5 Å². The lowest BCUT2D eigenvalue weighted by atomic mass is 10.1. The van der Waals surface area contributed by atoms with Gasteiger partial charge in [-0.1, -0.05) is 12.1 Å². The van der Waals surface area contributed by atoms with Crippen molar-refractivity contribution < 1.29 is 0 Å². The van der Waals surface area contributed by atoms with Crippen LogP contribution in [0, 0.1) is 17.4 Å². The van der Waals surface area contributed by atoms with Crippen LogP contribution in [0.3, 0.4) is 0 Å². The molecule has 0 aliphatic heterocycles. The van der Waals surface area contributed by atoms with E-state index in [1.807, 2.05) is 0 Å². The Kier molecular flexibility index (Phi) is 3.93. The number of halogens is 2. The van der Waals surface area contributed by atoms with Crippen LogP contribution in [-0.4, -0.2) is 0 Å². The zero-order chi connectivity index (χ0) is 11.7. The van der Waals surface area contributed by atoms with Crippen LogP contribution >= 0.6 is 45.5 Å². The standard InChI is InChI=1S/C13H12ClIS/c1-8-6-9(2)16-13(8)12(14)10-4-3-5-11(15)7-10/h3-7,12H,1-2H3. The van der Waals surface area contributed by atoms with Crippen molar-refractivity contribution in [2.24, 2.45) is 0 Å². The average molecular weight is 363 g/mol. The molecule has 16 heavy (non-hydrogen) atoms. The normalized spacial score (nSPS) is 12.8. The summed E-state index contributed by atoms with van der Waals surface area (Å²) in [6.07, 6.45) is 0. The molecule has 1 atom stereocenters. The van der Waals surface area contributed by atoms with Crippen LogP contribution in [0.1, 0.15) is 26.3 Å². The third kappa shape index (κ3) is 2.60. The van der Waals surface area contributed by atoms with Crippen LogP contribution in [0.25, 0.3) is 0 Å². The van der Waals surface area contributed by atoms with E-state index in [0.29, 0.717) is 0 Å². The van der Waals surface area contributed by atoms with Gasteiger partial charge in [0, 0.05) is 13.3 Å². The van der Waals surface area contributed by atoms with Gasteiger partial charge >= 0.3 is 0 Å². The number of rotatable bonds is 2. The molecule has 0 aliphatic carbocycles. The van der Waals surface area contributed by atoms with Gasteiger partial charge in [0.05, 0.1) is 5.38 Å². The van der Waals surface area contributed by atoms with Crippen LogP contribution in [0.15, 0.2) is 30.3 Å². The molecule has 0 bridgehead atoms. The largest absolute Gasteiger partial charge is 0.143 e. The van der Waals surface area contributed by atoms with Gasteiger partial charge in [-0.2, -0.15) is 0 Å². The van der Waals surface area contributed by atoms with E-state index in [9.17, 15) is 0 Å². The van der Waals surface area contributed by atoms with E-state index >= 15 is 0 Å². The second-order valence-electron chi connectivity index (χ2n) is 3.82. The van der Waals surface area contributed by atoms with E-state index in [1.165, 1.54) is 24.5 Å². The van der Waals surface area contributed by atoms with Gasteiger partial charge in [0.25, 0.3) is 0 Å². The van der Waals surface area contributed by atoms with Crippen LogP contribution in [0.4, 0.5) is 0 Å². The molecule has 84 valence electrons. The highest BCUT2D eigenvalue weighted by Gasteiger charge is 2.15. The Hall–Kier alpha value is -0.0600. The zero-order valence-corrected chi connectivity index (χ0v) is 12.9. The van der Waals surface area contributed by atoms with E-state index in [-0.39, 0.29) is 5.38 Å². The first-order valence-corrected chi connectivity index (χ1v) is 7.37. The molecule has 0 radical (unpaired) electrons. The molecule has 0 fully saturated rings. The number of hydrogen-bond acceptors (Lipinski definition) is 1. The van der Waals surface area contributed by atoms with E-state index in [2.05, 4.69) is 66.8 Å². The highest BCUT2D eigenvalue weighted by Crippen LogP contribution is 2.36. The fourth-order valence-corrected chi connectivity index (χ4v) is 3.78. The van der Waals surface area contributed by atoms with Crippen LogP contribution in [-0.2, 0) is 0 Å². The third-order valence-corrected chi connectivity index (χ3v) is 4.94. The van der Waals surface area contributed by atoms with Gasteiger partial charge in [-0.3, -0.25) is 0 Å². The second kappa shape index (κ2) is 5.07. The van der Waals surface area contributed by atoms with E-state index in [0.717, 1.165) is 0 Å². The van der Waals surface area contributed by atoms with Gasteiger partial charge in [0.1, 0.15) is 0 Å². The van der Waals surface area contributed by atoms with Crippen molar-refractivity contribution in [3.05, 3.63) is 54.8 Å². The molecule has 0 nitrogen and oxygen atoms in total. The summed E-state index contributed by atoms with van der Waals surface area (Å²) in [5, 5.41) is -0.0200. The second-order valence-corrected chi connectivity index (χ2v) is 6.79. The van der Waals surface area contributed by atoms with Crippen LogP contribution < -0.4 is 0 Å². The molecule has 0 saturated carbocycles. The molecular formula is C13H12ClIS. The predicted molar refractivity (Wildman–Crippen MR) is 80.6 cm³/mol. The lowest BCUT2D eigenvalue weighted by Crippen LogP contribution is -1.92. The fourth-order valence-electron chi connectivity index (χ4n) is 1.73. The van der Waals surface area contributed by atoms with Gasteiger partial charge in [0.2, 0.25) is 0 Å². The molecular weight excluding hydrogens is 351 g/mol. The Labute approximate surface area is 119 Å². The Morgan fingerprint density at radius 3 is 2.56 bits per heavy atom. The fraction of sp³-hybridized carbons (Fsp3) is 0.231. The molecule has 1 unspecified atom stereocenters. The summed E-state index contributed by atoms with van der Waals surface area (Å²) in [5.74, 6) is 0. The molecule has 0 N–H and O–H groups in total.